The van der Waals surface area contributed by atoms with Crippen molar-refractivity contribution in [2.45, 2.75) is 27.2 Å². The van der Waals surface area contributed by atoms with Crippen LogP contribution in [0.1, 0.15) is 23.6 Å². The number of carbonyl (C=O) groups excluding carboxylic acids is 1. The summed E-state index contributed by atoms with van der Waals surface area (Å²) in [6.07, 6.45) is 0.865. The maximum Gasteiger partial charge on any atom is 0.224 e. The Hall–Kier alpha value is -1.35. The van der Waals surface area contributed by atoms with E-state index in [1.54, 1.807) is 0 Å². The molecule has 3 heteroatoms. The lowest BCUT2D eigenvalue weighted by molar-refractivity contribution is -0.124. The van der Waals surface area contributed by atoms with Gasteiger partial charge in [0.1, 0.15) is 0 Å². The van der Waals surface area contributed by atoms with Crippen molar-refractivity contribution in [2.24, 2.45) is 11.7 Å². The first-order valence-corrected chi connectivity index (χ1v) is 6.08. The molecule has 0 fully saturated rings. The lowest BCUT2D eigenvalue weighted by Crippen LogP contribution is -2.34. The number of rotatable bonds is 5. The summed E-state index contributed by atoms with van der Waals surface area (Å²) in [5.41, 5.74) is 9.29. The number of hydrogen-bond acceptors (Lipinski definition) is 2. The summed E-state index contributed by atoms with van der Waals surface area (Å²) in [6.45, 7) is 7.12. The van der Waals surface area contributed by atoms with Crippen molar-refractivity contribution in [3.8, 4) is 0 Å². The van der Waals surface area contributed by atoms with Crippen LogP contribution in [0.2, 0.25) is 0 Å². The van der Waals surface area contributed by atoms with E-state index >= 15 is 0 Å². The number of aryl methyl sites for hydroxylation is 2. The molecule has 0 aliphatic rings. The van der Waals surface area contributed by atoms with Crippen LogP contribution in [0.5, 0.6) is 0 Å². The molecule has 3 nitrogen and oxygen atoms in total. The van der Waals surface area contributed by atoms with Gasteiger partial charge in [0.25, 0.3) is 0 Å². The molecule has 3 N–H and O–H groups in total. The van der Waals surface area contributed by atoms with Crippen LogP contribution in [0.3, 0.4) is 0 Å². The minimum Gasteiger partial charge on any atom is -0.355 e. The first-order valence-electron chi connectivity index (χ1n) is 6.08. The van der Waals surface area contributed by atoms with Gasteiger partial charge in [0.2, 0.25) is 5.91 Å². The summed E-state index contributed by atoms with van der Waals surface area (Å²) in [6, 6.07) is 6.41. The van der Waals surface area contributed by atoms with Gasteiger partial charge in [-0.2, -0.15) is 0 Å². The van der Waals surface area contributed by atoms with Gasteiger partial charge in [-0.3, -0.25) is 4.79 Å². The fraction of sp³-hybridized carbons (Fsp3) is 0.500. The molecule has 94 valence electrons. The molecule has 1 atom stereocenters. The Morgan fingerprint density at radius 1 is 1.35 bits per heavy atom. The fourth-order valence-electron chi connectivity index (χ4n) is 1.57. The molecule has 1 aromatic carbocycles. The predicted molar refractivity (Wildman–Crippen MR) is 70.8 cm³/mol. The van der Waals surface area contributed by atoms with E-state index in [9.17, 15) is 4.79 Å². The molecule has 0 bridgehead atoms. The van der Waals surface area contributed by atoms with Crippen molar-refractivity contribution < 1.29 is 4.79 Å². The number of benzene rings is 1. The second-order valence-electron chi connectivity index (χ2n) is 4.60. The second-order valence-corrected chi connectivity index (χ2v) is 4.60. The van der Waals surface area contributed by atoms with Gasteiger partial charge < -0.3 is 11.1 Å². The third-order valence-corrected chi connectivity index (χ3v) is 3.09. The van der Waals surface area contributed by atoms with Crippen molar-refractivity contribution in [1.29, 1.82) is 0 Å². The molecule has 0 aliphatic heterocycles. The van der Waals surface area contributed by atoms with Crippen molar-refractivity contribution in [1.82, 2.24) is 5.32 Å². The highest BCUT2D eigenvalue weighted by molar-refractivity contribution is 5.78. The van der Waals surface area contributed by atoms with Crippen molar-refractivity contribution in [2.75, 3.05) is 13.1 Å². The molecule has 0 aromatic heterocycles. The summed E-state index contributed by atoms with van der Waals surface area (Å²) in [5.74, 6) is -0.0638. The summed E-state index contributed by atoms with van der Waals surface area (Å²) < 4.78 is 0. The maximum absolute atomic E-state index is 11.5. The highest BCUT2D eigenvalue weighted by Gasteiger charge is 2.09. The molecule has 0 heterocycles. The van der Waals surface area contributed by atoms with E-state index in [2.05, 4.69) is 37.4 Å². The second kappa shape index (κ2) is 6.40. The Morgan fingerprint density at radius 3 is 2.65 bits per heavy atom. The fourth-order valence-corrected chi connectivity index (χ4v) is 1.57. The van der Waals surface area contributed by atoms with Crippen LogP contribution in [0.25, 0.3) is 0 Å². The van der Waals surface area contributed by atoms with Crippen LogP contribution >= 0.6 is 0 Å². The smallest absolute Gasteiger partial charge is 0.224 e. The lowest BCUT2D eigenvalue weighted by Gasteiger charge is -2.10. The third-order valence-electron chi connectivity index (χ3n) is 3.09. The van der Waals surface area contributed by atoms with Crippen molar-refractivity contribution in [3.63, 3.8) is 0 Å². The van der Waals surface area contributed by atoms with Crippen molar-refractivity contribution in [3.05, 3.63) is 34.9 Å². The standard InChI is InChI=1S/C14H22N2O/c1-10-4-5-13(8-11(10)2)6-7-16-14(17)12(3)9-15/h4-5,8,12H,6-7,9,15H2,1-3H3,(H,16,17). The lowest BCUT2D eigenvalue weighted by atomic mass is 10.0. The topological polar surface area (TPSA) is 55.1 Å². The zero-order valence-corrected chi connectivity index (χ0v) is 10.9. The molecular weight excluding hydrogens is 212 g/mol. The zero-order chi connectivity index (χ0) is 12.8. The minimum absolute atomic E-state index is 0.0383. The van der Waals surface area contributed by atoms with E-state index in [1.165, 1.54) is 16.7 Å². The normalized spacial score (nSPS) is 12.2. The van der Waals surface area contributed by atoms with Gasteiger partial charge in [-0.05, 0) is 37.0 Å². The van der Waals surface area contributed by atoms with Gasteiger partial charge in [-0.15, -0.1) is 0 Å². The molecule has 0 aliphatic carbocycles. The van der Waals surface area contributed by atoms with E-state index in [0.29, 0.717) is 13.1 Å². The first kappa shape index (κ1) is 13.7. The maximum atomic E-state index is 11.5. The van der Waals surface area contributed by atoms with Crippen LogP contribution in [0, 0.1) is 19.8 Å². The van der Waals surface area contributed by atoms with Crippen LogP contribution < -0.4 is 11.1 Å². The Balaban J connectivity index is 2.41. The summed E-state index contributed by atoms with van der Waals surface area (Å²) in [4.78, 5) is 11.5. The van der Waals surface area contributed by atoms with Gasteiger partial charge in [-0.1, -0.05) is 25.1 Å². The Bertz CT molecular complexity index is 388. The van der Waals surface area contributed by atoms with Crippen LogP contribution in [-0.4, -0.2) is 19.0 Å². The number of amides is 1. The molecule has 1 unspecified atom stereocenters. The SMILES string of the molecule is Cc1ccc(CCNC(=O)C(C)CN)cc1C. The predicted octanol–water partition coefficient (Wildman–Crippen LogP) is 1.56. The zero-order valence-electron chi connectivity index (χ0n) is 10.9. The minimum atomic E-state index is -0.102. The van der Waals surface area contributed by atoms with Gasteiger partial charge in [0.05, 0.1) is 0 Å². The number of carbonyl (C=O) groups is 1. The van der Waals surface area contributed by atoms with E-state index in [0.717, 1.165) is 6.42 Å². The monoisotopic (exact) mass is 234 g/mol. The third kappa shape index (κ3) is 4.19. The largest absolute Gasteiger partial charge is 0.355 e. The van der Waals surface area contributed by atoms with Gasteiger partial charge in [0.15, 0.2) is 0 Å². The molecule has 0 saturated heterocycles. The Kier molecular flexibility index (Phi) is 5.16. The Morgan fingerprint density at radius 2 is 2.06 bits per heavy atom. The van der Waals surface area contributed by atoms with E-state index in [-0.39, 0.29) is 11.8 Å². The Labute approximate surface area is 103 Å². The first-order chi connectivity index (χ1) is 8.04. The number of nitrogens with two attached hydrogens (primary N) is 1. The highest BCUT2D eigenvalue weighted by Crippen LogP contribution is 2.09. The van der Waals surface area contributed by atoms with Gasteiger partial charge in [-0.25, -0.2) is 0 Å². The molecule has 1 aromatic rings. The summed E-state index contributed by atoms with van der Waals surface area (Å²) in [5, 5.41) is 2.90. The average molecular weight is 234 g/mol. The molecule has 0 saturated carbocycles. The van der Waals surface area contributed by atoms with Crippen LogP contribution in [0.4, 0.5) is 0 Å². The quantitative estimate of drug-likeness (QED) is 0.812. The average Bonchev–Trinajstić information content (AvgIpc) is 2.32. The van der Waals surface area contributed by atoms with E-state index in [4.69, 9.17) is 5.73 Å². The highest BCUT2D eigenvalue weighted by atomic mass is 16.1. The molecule has 1 rings (SSSR count). The van der Waals surface area contributed by atoms with E-state index in [1.807, 2.05) is 6.92 Å². The van der Waals surface area contributed by atoms with Crippen LogP contribution in [-0.2, 0) is 11.2 Å². The molecule has 17 heavy (non-hydrogen) atoms. The number of nitrogens with one attached hydrogen (secondary N) is 1. The van der Waals surface area contributed by atoms with Gasteiger partial charge in [0, 0.05) is 19.0 Å². The molecule has 0 radical (unpaired) electrons. The molecule has 1 amide bonds. The van der Waals surface area contributed by atoms with Gasteiger partial charge >= 0.3 is 0 Å². The van der Waals surface area contributed by atoms with E-state index < -0.39 is 0 Å². The van der Waals surface area contributed by atoms with Crippen molar-refractivity contribution >= 4 is 5.91 Å². The molecular formula is C14H22N2O. The number of hydrogen-bond donors (Lipinski definition) is 2. The summed E-state index contributed by atoms with van der Waals surface area (Å²) >= 11 is 0. The summed E-state index contributed by atoms with van der Waals surface area (Å²) in [7, 11) is 0. The molecule has 0 spiro atoms. The van der Waals surface area contributed by atoms with Crippen LogP contribution in [0.15, 0.2) is 18.2 Å².